The van der Waals surface area contributed by atoms with Crippen molar-refractivity contribution < 1.29 is 14.3 Å². The predicted octanol–water partition coefficient (Wildman–Crippen LogP) is 0.529. The number of hydrogen-bond acceptors (Lipinski definition) is 5. The number of hydrogen-bond donors (Lipinski definition) is 0. The third-order valence-corrected chi connectivity index (χ3v) is 5.04. The average Bonchev–Trinajstić information content (AvgIpc) is 3.25. The van der Waals surface area contributed by atoms with E-state index in [4.69, 9.17) is 4.74 Å². The van der Waals surface area contributed by atoms with Crippen LogP contribution in [0.15, 0.2) is 24.3 Å². The largest absolute Gasteiger partial charge is 0.381 e. The standard InChI is InChI=1S/C18H23N5O3/c24-17(12-23-19-15-4-1-2-5-16(15)20-23)21-7-3-8-22(10-9-21)18(25)14-6-11-26-13-14/h1-2,4-5,14H,3,6-13H2. The van der Waals surface area contributed by atoms with Crippen molar-refractivity contribution in [2.24, 2.45) is 5.92 Å². The maximum Gasteiger partial charge on any atom is 0.246 e. The Labute approximate surface area is 151 Å². The molecule has 26 heavy (non-hydrogen) atoms. The number of amides is 2. The summed E-state index contributed by atoms with van der Waals surface area (Å²) in [5, 5.41) is 8.69. The summed E-state index contributed by atoms with van der Waals surface area (Å²) in [7, 11) is 0. The Morgan fingerprint density at radius 1 is 1.04 bits per heavy atom. The molecule has 8 nitrogen and oxygen atoms in total. The van der Waals surface area contributed by atoms with E-state index in [0.717, 1.165) is 23.9 Å². The first-order chi connectivity index (χ1) is 12.7. The molecule has 0 saturated carbocycles. The second-order valence-electron chi connectivity index (χ2n) is 6.84. The molecule has 0 N–H and O–H groups in total. The van der Waals surface area contributed by atoms with Gasteiger partial charge in [-0.05, 0) is 25.0 Å². The third kappa shape index (κ3) is 3.55. The Kier molecular flexibility index (Phi) is 4.83. The molecule has 0 bridgehead atoms. The van der Waals surface area contributed by atoms with Crippen LogP contribution in [0.5, 0.6) is 0 Å². The van der Waals surface area contributed by atoms with Crippen molar-refractivity contribution in [3.05, 3.63) is 24.3 Å². The second kappa shape index (κ2) is 7.41. The van der Waals surface area contributed by atoms with E-state index in [1.165, 1.54) is 4.80 Å². The molecule has 0 radical (unpaired) electrons. The monoisotopic (exact) mass is 357 g/mol. The average molecular weight is 357 g/mol. The Morgan fingerprint density at radius 3 is 2.42 bits per heavy atom. The number of benzene rings is 1. The minimum absolute atomic E-state index is 0.0104. The fourth-order valence-electron chi connectivity index (χ4n) is 3.57. The van der Waals surface area contributed by atoms with Gasteiger partial charge in [-0.2, -0.15) is 15.0 Å². The van der Waals surface area contributed by atoms with Crippen LogP contribution in [-0.4, -0.2) is 76.0 Å². The zero-order valence-corrected chi connectivity index (χ0v) is 14.7. The van der Waals surface area contributed by atoms with Crippen molar-refractivity contribution in [3.63, 3.8) is 0 Å². The Balaban J connectivity index is 1.35. The SMILES string of the molecule is O=C(Cn1nc2ccccc2n1)N1CCCN(C(=O)C2CCOC2)CC1. The number of aromatic nitrogens is 3. The van der Waals surface area contributed by atoms with Crippen molar-refractivity contribution >= 4 is 22.8 Å². The van der Waals surface area contributed by atoms with Crippen molar-refractivity contribution in [2.75, 3.05) is 39.4 Å². The maximum atomic E-state index is 12.6. The van der Waals surface area contributed by atoms with Gasteiger partial charge >= 0.3 is 0 Å². The van der Waals surface area contributed by atoms with Crippen LogP contribution >= 0.6 is 0 Å². The summed E-state index contributed by atoms with van der Waals surface area (Å²) in [6.07, 6.45) is 1.59. The van der Waals surface area contributed by atoms with Gasteiger partial charge in [-0.25, -0.2) is 0 Å². The van der Waals surface area contributed by atoms with Crippen molar-refractivity contribution in [2.45, 2.75) is 19.4 Å². The van der Waals surface area contributed by atoms with Gasteiger partial charge in [0.1, 0.15) is 17.6 Å². The van der Waals surface area contributed by atoms with Gasteiger partial charge in [0.15, 0.2) is 0 Å². The van der Waals surface area contributed by atoms with E-state index in [9.17, 15) is 9.59 Å². The molecule has 4 rings (SSSR count). The molecule has 0 spiro atoms. The fraction of sp³-hybridized carbons (Fsp3) is 0.556. The molecule has 2 aliphatic heterocycles. The molecule has 2 fully saturated rings. The van der Waals surface area contributed by atoms with Gasteiger partial charge in [-0.3, -0.25) is 9.59 Å². The number of nitrogens with zero attached hydrogens (tertiary/aromatic N) is 5. The maximum absolute atomic E-state index is 12.6. The second-order valence-corrected chi connectivity index (χ2v) is 6.84. The molecule has 1 aromatic heterocycles. The highest BCUT2D eigenvalue weighted by Gasteiger charge is 2.30. The summed E-state index contributed by atoms with van der Waals surface area (Å²) < 4.78 is 5.32. The molecule has 8 heteroatoms. The van der Waals surface area contributed by atoms with Crippen LogP contribution in [0, 0.1) is 5.92 Å². The van der Waals surface area contributed by atoms with Crippen LogP contribution in [0.25, 0.3) is 11.0 Å². The predicted molar refractivity (Wildman–Crippen MR) is 94.2 cm³/mol. The van der Waals surface area contributed by atoms with Crippen LogP contribution < -0.4 is 0 Å². The first-order valence-electron chi connectivity index (χ1n) is 9.15. The summed E-state index contributed by atoms with van der Waals surface area (Å²) in [6, 6.07) is 7.56. The van der Waals surface area contributed by atoms with Gasteiger partial charge in [0.2, 0.25) is 11.8 Å². The highest BCUT2D eigenvalue weighted by atomic mass is 16.5. The Hall–Kier alpha value is -2.48. The molecule has 1 atom stereocenters. The molecular formula is C18H23N5O3. The molecule has 2 aliphatic rings. The topological polar surface area (TPSA) is 80.6 Å². The molecule has 2 amide bonds. The van der Waals surface area contributed by atoms with Crippen LogP contribution in [0.4, 0.5) is 0 Å². The lowest BCUT2D eigenvalue weighted by Crippen LogP contribution is -2.41. The van der Waals surface area contributed by atoms with Crippen molar-refractivity contribution in [1.29, 1.82) is 0 Å². The molecule has 1 unspecified atom stereocenters. The quantitative estimate of drug-likeness (QED) is 0.800. The van der Waals surface area contributed by atoms with Crippen LogP contribution in [0.3, 0.4) is 0 Å². The zero-order valence-electron chi connectivity index (χ0n) is 14.7. The van der Waals surface area contributed by atoms with E-state index in [0.29, 0.717) is 39.4 Å². The van der Waals surface area contributed by atoms with E-state index in [1.807, 2.05) is 34.1 Å². The van der Waals surface area contributed by atoms with Gasteiger partial charge in [-0.1, -0.05) is 12.1 Å². The summed E-state index contributed by atoms with van der Waals surface area (Å²) in [5.41, 5.74) is 1.57. The minimum Gasteiger partial charge on any atom is -0.381 e. The molecule has 138 valence electrons. The number of carbonyl (C=O) groups excluding carboxylic acids is 2. The van der Waals surface area contributed by atoms with E-state index in [1.54, 1.807) is 0 Å². The molecule has 0 aliphatic carbocycles. The summed E-state index contributed by atoms with van der Waals surface area (Å²) in [5.74, 6) is 0.138. The van der Waals surface area contributed by atoms with Crippen LogP contribution in [-0.2, 0) is 20.9 Å². The fourth-order valence-corrected chi connectivity index (χ4v) is 3.57. The lowest BCUT2D eigenvalue weighted by atomic mass is 10.1. The lowest BCUT2D eigenvalue weighted by molar-refractivity contribution is -0.136. The molecule has 2 aromatic rings. The number of carbonyl (C=O) groups is 2. The van der Waals surface area contributed by atoms with Gasteiger partial charge in [0, 0.05) is 32.8 Å². The lowest BCUT2D eigenvalue weighted by Gasteiger charge is -2.24. The van der Waals surface area contributed by atoms with Gasteiger partial charge in [0.05, 0.1) is 12.5 Å². The summed E-state index contributed by atoms with van der Waals surface area (Å²) in [6.45, 7) is 3.80. The number of rotatable bonds is 3. The van der Waals surface area contributed by atoms with Gasteiger partial charge in [-0.15, -0.1) is 0 Å². The Bertz CT molecular complexity index is 766. The highest BCUT2D eigenvalue weighted by Crippen LogP contribution is 2.17. The number of fused-ring (bicyclic) bond motifs is 1. The first-order valence-corrected chi connectivity index (χ1v) is 9.15. The van der Waals surface area contributed by atoms with E-state index < -0.39 is 0 Å². The van der Waals surface area contributed by atoms with Crippen molar-refractivity contribution in [1.82, 2.24) is 24.8 Å². The van der Waals surface area contributed by atoms with E-state index in [-0.39, 0.29) is 24.3 Å². The summed E-state index contributed by atoms with van der Waals surface area (Å²) in [4.78, 5) is 30.3. The molecule has 2 saturated heterocycles. The highest BCUT2D eigenvalue weighted by molar-refractivity contribution is 5.80. The smallest absolute Gasteiger partial charge is 0.246 e. The van der Waals surface area contributed by atoms with E-state index >= 15 is 0 Å². The van der Waals surface area contributed by atoms with Crippen molar-refractivity contribution in [3.8, 4) is 0 Å². The summed E-state index contributed by atoms with van der Waals surface area (Å²) >= 11 is 0. The molecule has 3 heterocycles. The zero-order chi connectivity index (χ0) is 17.9. The van der Waals surface area contributed by atoms with Gasteiger partial charge in [0.25, 0.3) is 0 Å². The number of ether oxygens (including phenoxy) is 1. The normalized spacial score (nSPS) is 21.2. The molecular weight excluding hydrogens is 334 g/mol. The van der Waals surface area contributed by atoms with Crippen LogP contribution in [0.2, 0.25) is 0 Å². The van der Waals surface area contributed by atoms with E-state index in [2.05, 4.69) is 10.2 Å². The minimum atomic E-state index is -0.0158. The first kappa shape index (κ1) is 17.0. The molecule has 1 aromatic carbocycles. The third-order valence-electron chi connectivity index (χ3n) is 5.04. The Morgan fingerprint density at radius 2 is 1.73 bits per heavy atom. The van der Waals surface area contributed by atoms with Gasteiger partial charge < -0.3 is 14.5 Å². The van der Waals surface area contributed by atoms with Crippen LogP contribution in [0.1, 0.15) is 12.8 Å².